The smallest absolute Gasteiger partial charge is 0.375 e. The monoisotopic (exact) mass is 436 g/mol. The fourth-order valence-corrected chi connectivity index (χ4v) is 3.91. The maximum Gasteiger partial charge on any atom is 0.375 e. The number of benzene rings is 2. The average Bonchev–Trinajstić information content (AvgIpc) is 3.21. The maximum atomic E-state index is 12.6. The number of furan rings is 1. The molecule has 4 rings (SSSR count). The molecule has 32 heavy (non-hydrogen) atoms. The number of esters is 1. The van der Waals surface area contributed by atoms with Crippen LogP contribution in [0.1, 0.15) is 42.3 Å². The molecule has 0 aliphatic carbocycles. The maximum absolute atomic E-state index is 12.6. The zero-order valence-electron chi connectivity index (χ0n) is 18.3. The van der Waals surface area contributed by atoms with E-state index >= 15 is 0 Å². The third-order valence-corrected chi connectivity index (χ3v) is 5.54. The van der Waals surface area contributed by atoms with Crippen LogP contribution < -0.4 is 10.2 Å². The summed E-state index contributed by atoms with van der Waals surface area (Å²) in [5.74, 6) is -1.03. The van der Waals surface area contributed by atoms with Gasteiger partial charge in [-0.15, -0.1) is 0 Å². The molecule has 1 N–H and O–H groups in total. The van der Waals surface area contributed by atoms with Crippen molar-refractivity contribution in [1.29, 1.82) is 0 Å². The molecular weight excluding hydrogens is 408 g/mol. The number of hydrogen-bond acceptors (Lipinski definition) is 6. The van der Waals surface area contributed by atoms with Crippen molar-refractivity contribution in [2.75, 3.05) is 36.5 Å². The molecule has 3 aromatic rings. The van der Waals surface area contributed by atoms with E-state index in [1.54, 1.807) is 6.07 Å². The fraction of sp³-hybridized carbons (Fsp3) is 0.360. The van der Waals surface area contributed by atoms with E-state index in [9.17, 15) is 9.59 Å². The van der Waals surface area contributed by atoms with Crippen LogP contribution in [-0.2, 0) is 20.9 Å². The van der Waals surface area contributed by atoms with Crippen LogP contribution in [0.5, 0.6) is 0 Å². The van der Waals surface area contributed by atoms with E-state index in [2.05, 4.69) is 10.2 Å². The molecule has 1 fully saturated rings. The Balaban J connectivity index is 1.35. The Kier molecular flexibility index (Phi) is 7.07. The number of nitrogens with zero attached hydrogens (tertiary/aromatic N) is 1. The number of ether oxygens (including phenoxy) is 2. The van der Waals surface area contributed by atoms with Crippen LogP contribution in [0.3, 0.4) is 0 Å². The second kappa shape index (κ2) is 10.3. The van der Waals surface area contributed by atoms with E-state index in [-0.39, 0.29) is 12.4 Å². The fourth-order valence-electron chi connectivity index (χ4n) is 3.91. The molecule has 0 unspecified atom stereocenters. The lowest BCUT2D eigenvalue weighted by Crippen LogP contribution is -2.29. The van der Waals surface area contributed by atoms with Gasteiger partial charge in [0.2, 0.25) is 5.76 Å². The molecule has 168 valence electrons. The number of nitrogens with one attached hydrogen (secondary N) is 1. The highest BCUT2D eigenvalue weighted by molar-refractivity contribution is 5.98. The lowest BCUT2D eigenvalue weighted by Gasteiger charge is -2.28. The first-order valence-corrected chi connectivity index (χ1v) is 11.1. The molecule has 1 amide bonds. The molecule has 1 aliphatic rings. The first-order valence-electron chi connectivity index (χ1n) is 11.1. The van der Waals surface area contributed by atoms with E-state index < -0.39 is 18.5 Å². The van der Waals surface area contributed by atoms with Gasteiger partial charge in [-0.1, -0.05) is 18.2 Å². The third-order valence-electron chi connectivity index (χ3n) is 5.54. The Morgan fingerprint density at radius 2 is 1.78 bits per heavy atom. The van der Waals surface area contributed by atoms with E-state index in [1.807, 2.05) is 49.4 Å². The summed E-state index contributed by atoms with van der Waals surface area (Å²) in [6.45, 7) is 4.34. The second-order valence-corrected chi connectivity index (χ2v) is 7.76. The van der Waals surface area contributed by atoms with Crippen molar-refractivity contribution in [2.24, 2.45) is 0 Å². The molecule has 7 nitrogen and oxygen atoms in total. The summed E-state index contributed by atoms with van der Waals surface area (Å²) in [5, 5.41) is 3.56. The first kappa shape index (κ1) is 21.9. The number of amides is 1. The molecule has 2 heterocycles. The van der Waals surface area contributed by atoms with Crippen molar-refractivity contribution in [1.82, 2.24) is 0 Å². The predicted molar refractivity (Wildman–Crippen MR) is 123 cm³/mol. The standard InChI is InChI=1S/C25H28N2O5/c1-2-30-16-21-20-8-4-5-9-22(20)32-24(21)25(29)31-17-23(28)26-18-10-12-19(13-11-18)27-14-6-3-7-15-27/h4-5,8-13H,2-3,6-7,14-17H2,1H3,(H,26,28). The molecule has 7 heteroatoms. The van der Waals surface area contributed by atoms with Crippen LogP contribution >= 0.6 is 0 Å². The summed E-state index contributed by atoms with van der Waals surface area (Å²) in [4.78, 5) is 27.3. The second-order valence-electron chi connectivity index (χ2n) is 7.76. The van der Waals surface area contributed by atoms with Gasteiger partial charge in [-0.3, -0.25) is 4.79 Å². The Labute approximate surface area is 187 Å². The number of hydrogen-bond donors (Lipinski definition) is 1. The highest BCUT2D eigenvalue weighted by Crippen LogP contribution is 2.27. The number of carbonyl (C=O) groups is 2. The van der Waals surface area contributed by atoms with Gasteiger partial charge < -0.3 is 24.1 Å². The minimum Gasteiger partial charge on any atom is -0.450 e. The lowest BCUT2D eigenvalue weighted by molar-refractivity contribution is -0.119. The molecule has 0 bridgehead atoms. The highest BCUT2D eigenvalue weighted by atomic mass is 16.5. The van der Waals surface area contributed by atoms with Gasteiger partial charge in [-0.25, -0.2) is 4.79 Å². The van der Waals surface area contributed by atoms with Crippen LogP contribution in [0.15, 0.2) is 52.9 Å². The van der Waals surface area contributed by atoms with E-state index in [4.69, 9.17) is 13.9 Å². The van der Waals surface area contributed by atoms with Crippen LogP contribution in [-0.4, -0.2) is 38.2 Å². The van der Waals surface area contributed by atoms with E-state index in [0.717, 1.165) is 24.2 Å². The Bertz CT molecular complexity index is 1070. The van der Waals surface area contributed by atoms with Gasteiger partial charge in [0.05, 0.1) is 6.61 Å². The zero-order chi connectivity index (χ0) is 22.3. The first-order chi connectivity index (χ1) is 15.7. The van der Waals surface area contributed by atoms with Gasteiger partial charge in [-0.2, -0.15) is 0 Å². The van der Waals surface area contributed by atoms with Gasteiger partial charge >= 0.3 is 5.97 Å². The van der Waals surface area contributed by atoms with Crippen molar-refractivity contribution < 1.29 is 23.5 Å². The molecule has 1 aromatic heterocycles. The Hall–Kier alpha value is -3.32. The molecule has 2 aromatic carbocycles. The molecule has 1 aliphatic heterocycles. The number of para-hydroxylation sites is 1. The van der Waals surface area contributed by atoms with Gasteiger partial charge in [0.1, 0.15) is 5.58 Å². The van der Waals surface area contributed by atoms with Gasteiger partial charge in [0, 0.05) is 42.0 Å². The predicted octanol–water partition coefficient (Wildman–Crippen LogP) is 4.76. The van der Waals surface area contributed by atoms with Crippen LogP contribution in [0, 0.1) is 0 Å². The molecule has 1 saturated heterocycles. The Morgan fingerprint density at radius 1 is 1.03 bits per heavy atom. The molecule has 0 saturated carbocycles. The summed E-state index contributed by atoms with van der Waals surface area (Å²) in [6.07, 6.45) is 3.70. The molecule has 0 spiro atoms. The minimum absolute atomic E-state index is 0.0679. The molecular formula is C25H28N2O5. The largest absolute Gasteiger partial charge is 0.450 e. The molecule has 0 atom stereocenters. The van der Waals surface area contributed by atoms with E-state index in [1.165, 1.54) is 19.3 Å². The SMILES string of the molecule is CCOCc1c(C(=O)OCC(=O)Nc2ccc(N3CCCCC3)cc2)oc2ccccc12. The van der Waals surface area contributed by atoms with Crippen molar-refractivity contribution >= 4 is 34.2 Å². The van der Waals surface area contributed by atoms with Crippen molar-refractivity contribution in [3.63, 3.8) is 0 Å². The third kappa shape index (κ3) is 5.11. The zero-order valence-corrected chi connectivity index (χ0v) is 18.3. The van der Waals surface area contributed by atoms with Crippen molar-refractivity contribution in [2.45, 2.75) is 32.8 Å². The minimum atomic E-state index is -0.688. The van der Waals surface area contributed by atoms with Crippen molar-refractivity contribution in [3.05, 3.63) is 59.9 Å². The molecule has 0 radical (unpaired) electrons. The highest BCUT2D eigenvalue weighted by Gasteiger charge is 2.22. The summed E-state index contributed by atoms with van der Waals surface area (Å²) in [6, 6.07) is 15.1. The van der Waals surface area contributed by atoms with Crippen LogP contribution in [0.25, 0.3) is 11.0 Å². The summed E-state index contributed by atoms with van der Waals surface area (Å²) in [7, 11) is 0. The van der Waals surface area contributed by atoms with Gasteiger partial charge in [0.15, 0.2) is 6.61 Å². The lowest BCUT2D eigenvalue weighted by atomic mass is 10.1. The Morgan fingerprint density at radius 3 is 2.53 bits per heavy atom. The average molecular weight is 437 g/mol. The number of piperidine rings is 1. The quantitative estimate of drug-likeness (QED) is 0.513. The summed E-state index contributed by atoms with van der Waals surface area (Å²) in [5.41, 5.74) is 3.02. The normalized spacial score (nSPS) is 13.8. The van der Waals surface area contributed by atoms with Crippen LogP contribution in [0.2, 0.25) is 0 Å². The topological polar surface area (TPSA) is 81.0 Å². The number of carbonyl (C=O) groups excluding carboxylic acids is 2. The number of rotatable bonds is 8. The summed E-state index contributed by atoms with van der Waals surface area (Å²) >= 11 is 0. The van der Waals surface area contributed by atoms with Gasteiger partial charge in [-0.05, 0) is 56.5 Å². The van der Waals surface area contributed by atoms with E-state index in [0.29, 0.717) is 23.4 Å². The summed E-state index contributed by atoms with van der Waals surface area (Å²) < 4.78 is 16.4. The number of anilines is 2. The van der Waals surface area contributed by atoms with Crippen LogP contribution in [0.4, 0.5) is 11.4 Å². The van der Waals surface area contributed by atoms with Gasteiger partial charge in [0.25, 0.3) is 5.91 Å². The van der Waals surface area contributed by atoms with Crippen molar-refractivity contribution in [3.8, 4) is 0 Å². The number of fused-ring (bicyclic) bond motifs is 1.